The van der Waals surface area contributed by atoms with Crippen molar-refractivity contribution in [3.63, 3.8) is 0 Å². The number of carbonyl (C=O) groups excluding carboxylic acids is 6. The summed E-state index contributed by atoms with van der Waals surface area (Å²) in [6, 6.07) is 22.4. The van der Waals surface area contributed by atoms with Gasteiger partial charge in [0.25, 0.3) is 0 Å². The number of piperidine rings is 6. The van der Waals surface area contributed by atoms with Crippen LogP contribution in [0.3, 0.4) is 0 Å². The van der Waals surface area contributed by atoms with Crippen molar-refractivity contribution < 1.29 is 59.4 Å². The molecule has 13 aliphatic carbocycles. The Balaban J connectivity index is 0.000000108. The highest BCUT2D eigenvalue weighted by Gasteiger charge is 2.53. The van der Waals surface area contributed by atoms with Gasteiger partial charge in [-0.3, -0.25) is 33.8 Å². The Morgan fingerprint density at radius 1 is 0.295 bits per heavy atom. The number of aromatic nitrogens is 6. The predicted molar refractivity (Wildman–Crippen MR) is 571 cm³/mol. The van der Waals surface area contributed by atoms with E-state index in [1.54, 1.807) is 45.0 Å². The Bertz CT molecular complexity index is 6670. The Labute approximate surface area is 876 Å². The zero-order chi connectivity index (χ0) is 105. The van der Waals surface area contributed by atoms with Crippen molar-refractivity contribution >= 4 is 68.9 Å². The highest BCUT2D eigenvalue weighted by molar-refractivity contribution is 6.14. The number of terminal acetylenes is 7. The number of aliphatic hydroxyl groups excluding tert-OH is 6. The maximum atomic E-state index is 12.6. The minimum Gasteiger partial charge on any atom is -0.395 e. The van der Waals surface area contributed by atoms with Crippen LogP contribution in [0.1, 0.15) is 334 Å². The quantitative estimate of drug-likeness (QED) is 0.0552. The van der Waals surface area contributed by atoms with E-state index in [0.29, 0.717) is 138 Å². The summed E-state index contributed by atoms with van der Waals surface area (Å²) < 4.78 is 0. The van der Waals surface area contributed by atoms with E-state index in [0.717, 1.165) is 244 Å². The fourth-order valence-corrected chi connectivity index (χ4v) is 24.4. The van der Waals surface area contributed by atoms with Crippen LogP contribution in [-0.4, -0.2) is 210 Å². The standard InChI is InChI=1S/C22H24N2O2.C22H26N2O2.C21H20N2O2.3C20H22N2O2/c1-2-16-18(25)13-15-5-6-17(21(26)14-3-4-14)23-19(15)20(16)24-11-9-22(7-8-22)10-12-24;1-4-16-17(26)13-15-5-6-18(21(2,3)14-25)23-19(15)20(16)24-11-9-22(7-8-22)10-12-24;1-3-15-18(25)13-14-5-6-16(17(24)4-2)22-19(14)20(15)23-11-9-21(7-8-21)10-12-23;3*1-3-15-17(24)12-14-4-5-16(13(2)23)21-18(14)19(15)22-10-8-20(6-7-20)9-11-22/h1,5-6,14,21,26H,3-4,7-13H2;1,5-6,25H,7-14H2,2-3H3;1-2,5-6,17,24H,7-13H2;3*1,4-5,13,23H,6-12H2,2H3/t;;;2*13-;/m...10./s1. The molecule has 24 nitrogen and oxygen atoms in total. The molecule has 5 atom stereocenters. The van der Waals surface area contributed by atoms with Gasteiger partial charge in [0.15, 0.2) is 40.8 Å². The van der Waals surface area contributed by atoms with E-state index >= 15 is 0 Å². The summed E-state index contributed by atoms with van der Waals surface area (Å²) in [5, 5.41) is 59.8. The smallest absolute Gasteiger partial charge is 0.177 e. The predicted octanol–water partition coefficient (Wildman–Crippen LogP) is 15.1. The number of allylic oxidation sites excluding steroid dienone is 6. The third-order valence-corrected chi connectivity index (χ3v) is 36.2. The van der Waals surface area contributed by atoms with E-state index in [-0.39, 0.29) is 47.7 Å². The van der Waals surface area contributed by atoms with Crippen molar-refractivity contribution in [2.75, 3.05) is 85.1 Å². The van der Waals surface area contributed by atoms with Gasteiger partial charge in [0, 0.05) is 128 Å². The van der Waals surface area contributed by atoms with E-state index in [9.17, 15) is 59.4 Å². The third-order valence-electron chi connectivity index (χ3n) is 36.2. The second kappa shape index (κ2) is 41.0. The molecule has 0 amide bonds. The number of ketones is 6. The summed E-state index contributed by atoms with van der Waals surface area (Å²) in [7, 11) is 0. The number of fused-ring (bicyclic) bond motifs is 6. The monoisotopic (exact) mass is 2000 g/mol. The van der Waals surface area contributed by atoms with Crippen LogP contribution < -0.4 is 0 Å². The summed E-state index contributed by atoms with van der Waals surface area (Å²) >= 11 is 0. The van der Waals surface area contributed by atoms with Crippen LogP contribution in [0.2, 0.25) is 0 Å². The van der Waals surface area contributed by atoms with Gasteiger partial charge in [-0.1, -0.05) is 91.7 Å². The van der Waals surface area contributed by atoms with Crippen LogP contribution in [0.4, 0.5) is 0 Å². The zero-order valence-corrected chi connectivity index (χ0v) is 86.8. The van der Waals surface area contributed by atoms with Gasteiger partial charge in [0.05, 0.1) is 161 Å². The molecule has 768 valence electrons. The van der Waals surface area contributed by atoms with Gasteiger partial charge in [0.2, 0.25) is 0 Å². The van der Waals surface area contributed by atoms with Gasteiger partial charge in [-0.25, -0.2) is 24.9 Å². The van der Waals surface area contributed by atoms with Crippen molar-refractivity contribution in [3.8, 4) is 86.4 Å². The number of hydrogen-bond donors (Lipinski definition) is 6. The van der Waals surface area contributed by atoms with Gasteiger partial charge >= 0.3 is 0 Å². The van der Waals surface area contributed by atoms with Gasteiger partial charge in [0.1, 0.15) is 0 Å². The van der Waals surface area contributed by atoms with Gasteiger partial charge in [-0.2, -0.15) is 0 Å². The molecular formula is C125H136N12O12. The fraction of sp³-hybridized carbons (Fsp3) is 0.504. The number of hydrogen-bond acceptors (Lipinski definition) is 24. The van der Waals surface area contributed by atoms with E-state index in [1.807, 2.05) is 62.4 Å². The first-order valence-corrected chi connectivity index (χ1v) is 54.1. The average Bonchev–Trinajstić information content (AvgIpc) is 1.63. The molecular weight excluding hydrogens is 1860 g/mol. The Hall–Kier alpha value is -13.2. The molecule has 6 aromatic rings. The van der Waals surface area contributed by atoms with Gasteiger partial charge in [-0.15, -0.1) is 45.0 Å². The van der Waals surface area contributed by atoms with E-state index in [2.05, 4.69) is 90.8 Å². The molecule has 6 saturated heterocycles. The van der Waals surface area contributed by atoms with Gasteiger partial charge in [-0.05, 0) is 296 Å². The highest BCUT2D eigenvalue weighted by atomic mass is 16.3. The summed E-state index contributed by atoms with van der Waals surface area (Å²) in [6.45, 7) is 20.1. The number of likely N-dealkylation sites (tertiary alicyclic amines) is 6. The number of rotatable bonds is 14. The summed E-state index contributed by atoms with van der Waals surface area (Å²) in [5.41, 5.74) is 24.4. The first kappa shape index (κ1) is 103. The molecule has 0 radical (unpaired) electrons. The van der Waals surface area contributed by atoms with Gasteiger partial charge < -0.3 is 60.0 Å². The maximum Gasteiger partial charge on any atom is 0.177 e. The molecule has 0 aromatic carbocycles. The highest BCUT2D eigenvalue weighted by Crippen LogP contribution is 2.61. The first-order valence-electron chi connectivity index (χ1n) is 54.1. The molecule has 19 aliphatic rings. The molecule has 24 heteroatoms. The summed E-state index contributed by atoms with van der Waals surface area (Å²) in [5.74, 6) is 18.3. The number of carbonyl (C=O) groups is 6. The van der Waals surface area contributed by atoms with Crippen LogP contribution in [-0.2, 0) is 72.7 Å². The van der Waals surface area contributed by atoms with Crippen LogP contribution in [0.15, 0.2) is 106 Å². The normalized spacial score (nSPS) is 23.0. The average molecular weight is 2000 g/mol. The zero-order valence-electron chi connectivity index (χ0n) is 86.8. The molecule has 149 heavy (non-hydrogen) atoms. The SMILES string of the molecule is C#CC1=C(N2CCC3(CC2)CC3)c2nc(C(C)(C)CO)ccc2CC1=O.C#CC1=C(N2CCC3(CC2)CC3)c2nc(C(C)O)ccc2CC1=O.C#CC1=C(N2CCC3(CC2)CC3)c2nc(C(O)C#C)ccc2CC1=O.C#CC1=C(N2CCC3(CC2)CC3)c2nc(C(O)C3CC3)ccc2CC1=O.C#CC1=C(N2CCC3(CC2)CC3)c2nc([C@@H](C)O)ccc2CC1=O.C#CC1=C(N2CCC3(CC2)CC3)c2nc([C@H](C)O)ccc2CC1=O. The largest absolute Gasteiger partial charge is 0.395 e. The van der Waals surface area contributed by atoms with E-state index in [4.69, 9.17) is 54.9 Å². The molecule has 13 fully saturated rings. The molecule has 6 N–H and O–H groups in total. The molecule has 6 aliphatic heterocycles. The number of aliphatic hydroxyl groups is 6. The Morgan fingerprint density at radius 3 is 0.685 bits per heavy atom. The minimum atomic E-state index is -1.06. The topological polar surface area (TPSA) is 321 Å². The molecule has 7 saturated carbocycles. The minimum absolute atomic E-state index is 0.00157. The van der Waals surface area contributed by atoms with Crippen molar-refractivity contribution in [1.29, 1.82) is 0 Å². The fourth-order valence-electron chi connectivity index (χ4n) is 24.4. The second-order valence-corrected chi connectivity index (χ2v) is 46.6. The molecule has 6 spiro atoms. The van der Waals surface area contributed by atoms with Crippen LogP contribution in [0.5, 0.6) is 0 Å². The lowest BCUT2D eigenvalue weighted by atomic mass is 9.85. The number of Topliss-reactive ketones (excluding diaryl/α,β-unsaturated/α-hetero) is 6. The van der Waals surface area contributed by atoms with Crippen molar-refractivity contribution in [2.24, 2.45) is 38.4 Å². The second-order valence-electron chi connectivity index (χ2n) is 46.6. The lowest BCUT2D eigenvalue weighted by Gasteiger charge is -2.37. The van der Waals surface area contributed by atoms with Crippen molar-refractivity contribution in [2.45, 2.75) is 276 Å². The van der Waals surface area contributed by atoms with Crippen LogP contribution in [0.25, 0.3) is 34.2 Å². The summed E-state index contributed by atoms with van der Waals surface area (Å²) in [6.07, 6.45) is 69.8. The number of pyridine rings is 6. The molecule has 3 unspecified atom stereocenters. The van der Waals surface area contributed by atoms with E-state index in [1.165, 1.54) is 103 Å². The van der Waals surface area contributed by atoms with Crippen molar-refractivity contribution in [1.82, 2.24) is 59.3 Å². The van der Waals surface area contributed by atoms with Crippen LogP contribution in [0, 0.1) is 125 Å². The molecule has 25 rings (SSSR count). The Morgan fingerprint density at radius 2 is 0.490 bits per heavy atom. The third kappa shape index (κ3) is 21.0. The van der Waals surface area contributed by atoms with Crippen LogP contribution >= 0.6 is 0 Å². The molecule has 0 bridgehead atoms. The maximum absolute atomic E-state index is 12.6. The number of nitrogens with zero attached hydrogens (tertiary/aromatic N) is 12. The van der Waals surface area contributed by atoms with Crippen molar-refractivity contribution in [3.05, 3.63) is 208 Å². The molecule has 12 heterocycles. The van der Waals surface area contributed by atoms with E-state index < -0.39 is 35.9 Å². The first-order chi connectivity index (χ1) is 71.6. The molecule has 6 aromatic heterocycles. The lowest BCUT2D eigenvalue weighted by molar-refractivity contribution is -0.115. The lowest BCUT2D eigenvalue weighted by Crippen LogP contribution is -2.37. The summed E-state index contributed by atoms with van der Waals surface area (Å²) in [4.78, 5) is 117. The Kier molecular flexibility index (Phi) is 28.3.